The molecule has 1 aromatic rings. The summed E-state index contributed by atoms with van der Waals surface area (Å²) in [7, 11) is 2.23. The number of anilines is 1. The fraction of sp³-hybridized carbons (Fsp3) is 0.812. The Morgan fingerprint density at radius 1 is 1.43 bits per heavy atom. The Kier molecular flexibility index (Phi) is 6.45. The highest BCUT2D eigenvalue weighted by molar-refractivity contribution is 7.13. The van der Waals surface area contributed by atoms with Crippen molar-refractivity contribution in [1.29, 1.82) is 0 Å². The van der Waals surface area contributed by atoms with E-state index in [1.54, 1.807) is 11.3 Å². The molecule has 0 amide bonds. The summed E-state index contributed by atoms with van der Waals surface area (Å²) in [6.07, 6.45) is 3.58. The smallest absolute Gasteiger partial charge is 0.185 e. The van der Waals surface area contributed by atoms with Gasteiger partial charge in [-0.05, 0) is 46.3 Å². The van der Waals surface area contributed by atoms with Crippen molar-refractivity contribution < 1.29 is 0 Å². The summed E-state index contributed by atoms with van der Waals surface area (Å²) >= 11 is 1.80. The van der Waals surface area contributed by atoms with E-state index in [2.05, 4.69) is 48.3 Å². The van der Waals surface area contributed by atoms with Gasteiger partial charge in [0.05, 0.1) is 5.69 Å². The van der Waals surface area contributed by atoms with Crippen molar-refractivity contribution in [3.8, 4) is 0 Å². The fourth-order valence-electron chi connectivity index (χ4n) is 2.92. The van der Waals surface area contributed by atoms with E-state index in [0.29, 0.717) is 12.1 Å². The number of nitrogens with one attached hydrogen (secondary N) is 1. The van der Waals surface area contributed by atoms with Crippen LogP contribution < -0.4 is 10.2 Å². The van der Waals surface area contributed by atoms with Gasteiger partial charge < -0.3 is 15.1 Å². The number of hydrogen-bond donors (Lipinski definition) is 1. The summed E-state index contributed by atoms with van der Waals surface area (Å²) in [4.78, 5) is 9.90. The molecule has 1 fully saturated rings. The van der Waals surface area contributed by atoms with E-state index in [0.717, 1.165) is 26.1 Å². The third-order valence-electron chi connectivity index (χ3n) is 4.27. The van der Waals surface area contributed by atoms with Gasteiger partial charge in [0.2, 0.25) is 0 Å². The molecule has 2 atom stereocenters. The first-order valence-electron chi connectivity index (χ1n) is 8.29. The molecule has 5 heteroatoms. The van der Waals surface area contributed by atoms with E-state index in [-0.39, 0.29) is 0 Å². The summed E-state index contributed by atoms with van der Waals surface area (Å²) < 4.78 is 0. The Labute approximate surface area is 133 Å². The minimum absolute atomic E-state index is 0.352. The molecule has 1 saturated heterocycles. The molecule has 1 aliphatic rings. The summed E-state index contributed by atoms with van der Waals surface area (Å²) in [5.74, 6) is 0. The lowest BCUT2D eigenvalue weighted by Gasteiger charge is -2.29. The first-order valence-corrected chi connectivity index (χ1v) is 9.17. The molecule has 1 aliphatic heterocycles. The summed E-state index contributed by atoms with van der Waals surface area (Å²) in [5.41, 5.74) is 1.19. The van der Waals surface area contributed by atoms with Gasteiger partial charge in [-0.2, -0.15) is 0 Å². The van der Waals surface area contributed by atoms with Crippen LogP contribution in [0.1, 0.15) is 51.8 Å². The molecule has 0 spiro atoms. The number of hydrogen-bond acceptors (Lipinski definition) is 5. The van der Waals surface area contributed by atoms with E-state index < -0.39 is 0 Å². The van der Waals surface area contributed by atoms with Crippen LogP contribution in [-0.2, 0) is 0 Å². The van der Waals surface area contributed by atoms with Crippen LogP contribution in [0.2, 0.25) is 0 Å². The van der Waals surface area contributed by atoms with Crippen LogP contribution >= 0.6 is 11.3 Å². The Morgan fingerprint density at radius 3 is 2.95 bits per heavy atom. The fourth-order valence-corrected chi connectivity index (χ4v) is 3.93. The second-order valence-corrected chi connectivity index (χ2v) is 6.94. The molecule has 0 radical (unpaired) electrons. The zero-order valence-electron chi connectivity index (χ0n) is 13.9. The zero-order chi connectivity index (χ0) is 15.2. The number of rotatable bonds is 6. The van der Waals surface area contributed by atoms with Gasteiger partial charge in [-0.25, -0.2) is 4.98 Å². The maximum atomic E-state index is 4.92. The average molecular weight is 311 g/mol. The topological polar surface area (TPSA) is 31.4 Å². The maximum absolute atomic E-state index is 4.92. The van der Waals surface area contributed by atoms with Crippen molar-refractivity contribution in [3.63, 3.8) is 0 Å². The molecule has 0 aromatic carbocycles. The van der Waals surface area contributed by atoms with Gasteiger partial charge >= 0.3 is 0 Å². The molecule has 0 bridgehead atoms. The summed E-state index contributed by atoms with van der Waals surface area (Å²) in [6.45, 7) is 11.2. The molecular formula is C16H30N4S. The second-order valence-electron chi connectivity index (χ2n) is 6.10. The molecule has 1 aromatic heterocycles. The van der Waals surface area contributed by atoms with Gasteiger partial charge in [-0.1, -0.05) is 13.8 Å². The lowest BCUT2D eigenvalue weighted by molar-refractivity contribution is 0.328. The van der Waals surface area contributed by atoms with Crippen LogP contribution in [-0.4, -0.2) is 49.2 Å². The summed E-state index contributed by atoms with van der Waals surface area (Å²) in [5, 5.41) is 6.96. The van der Waals surface area contributed by atoms with E-state index in [9.17, 15) is 0 Å². The number of aromatic nitrogens is 1. The van der Waals surface area contributed by atoms with Crippen LogP contribution in [0.4, 0.5) is 5.13 Å². The average Bonchev–Trinajstić information content (AvgIpc) is 2.89. The van der Waals surface area contributed by atoms with Crippen LogP contribution in [0, 0.1) is 0 Å². The van der Waals surface area contributed by atoms with E-state index in [4.69, 9.17) is 4.98 Å². The maximum Gasteiger partial charge on any atom is 0.185 e. The van der Waals surface area contributed by atoms with Crippen LogP contribution in [0.15, 0.2) is 5.38 Å². The highest BCUT2D eigenvalue weighted by atomic mass is 32.1. The lowest BCUT2D eigenvalue weighted by atomic mass is 10.2. The SMILES string of the molecule is CCCNC(C)c1csc(N2CCCN(C)CC2CC)n1. The Morgan fingerprint density at radius 2 is 2.24 bits per heavy atom. The van der Waals surface area contributed by atoms with Gasteiger partial charge in [-0.3, -0.25) is 0 Å². The van der Waals surface area contributed by atoms with E-state index in [1.807, 2.05) is 0 Å². The molecule has 1 N–H and O–H groups in total. The van der Waals surface area contributed by atoms with Crippen LogP contribution in [0.25, 0.3) is 0 Å². The highest BCUT2D eigenvalue weighted by Crippen LogP contribution is 2.28. The zero-order valence-corrected chi connectivity index (χ0v) is 14.7. The van der Waals surface area contributed by atoms with Crippen molar-refractivity contribution in [1.82, 2.24) is 15.2 Å². The molecule has 0 saturated carbocycles. The van der Waals surface area contributed by atoms with Crippen molar-refractivity contribution in [2.45, 2.75) is 52.1 Å². The Hall–Kier alpha value is -0.650. The van der Waals surface area contributed by atoms with Gasteiger partial charge in [0.25, 0.3) is 0 Å². The molecule has 2 rings (SSSR count). The quantitative estimate of drug-likeness (QED) is 0.875. The van der Waals surface area contributed by atoms with Crippen molar-refractivity contribution in [2.75, 3.05) is 38.1 Å². The van der Waals surface area contributed by atoms with Gasteiger partial charge in [-0.15, -0.1) is 11.3 Å². The Bertz CT molecular complexity index is 420. The lowest BCUT2D eigenvalue weighted by Crippen LogP contribution is -2.39. The second kappa shape index (κ2) is 8.11. The first-order chi connectivity index (χ1) is 10.2. The number of nitrogens with zero attached hydrogens (tertiary/aromatic N) is 3. The largest absolute Gasteiger partial charge is 0.344 e. The molecule has 2 heterocycles. The van der Waals surface area contributed by atoms with Crippen LogP contribution in [0.5, 0.6) is 0 Å². The monoisotopic (exact) mass is 310 g/mol. The van der Waals surface area contributed by atoms with E-state index >= 15 is 0 Å². The highest BCUT2D eigenvalue weighted by Gasteiger charge is 2.24. The van der Waals surface area contributed by atoms with Gasteiger partial charge in [0, 0.05) is 30.6 Å². The molecule has 21 heavy (non-hydrogen) atoms. The minimum Gasteiger partial charge on any atom is -0.344 e. The molecule has 0 aliphatic carbocycles. The third kappa shape index (κ3) is 4.41. The minimum atomic E-state index is 0.352. The van der Waals surface area contributed by atoms with Gasteiger partial charge in [0.1, 0.15) is 0 Å². The third-order valence-corrected chi connectivity index (χ3v) is 5.17. The predicted octanol–water partition coefficient (Wildman–Crippen LogP) is 3.12. The normalized spacial score (nSPS) is 22.3. The van der Waals surface area contributed by atoms with E-state index in [1.165, 1.54) is 30.2 Å². The Balaban J connectivity index is 2.07. The van der Waals surface area contributed by atoms with Crippen molar-refractivity contribution in [3.05, 3.63) is 11.1 Å². The molecule has 4 nitrogen and oxygen atoms in total. The van der Waals surface area contributed by atoms with Crippen molar-refractivity contribution >= 4 is 16.5 Å². The summed E-state index contributed by atoms with van der Waals surface area (Å²) in [6, 6.07) is 0.945. The number of thiazole rings is 1. The first kappa shape index (κ1) is 16.7. The molecule has 120 valence electrons. The standard InChI is InChI=1S/C16H30N4S/c1-5-8-17-13(3)15-12-21-16(18-15)20-10-7-9-19(4)11-14(20)6-2/h12-14,17H,5-11H2,1-4H3. The predicted molar refractivity (Wildman–Crippen MR) is 92.4 cm³/mol. The number of likely N-dealkylation sites (N-methyl/N-ethyl adjacent to an activating group) is 1. The molecular weight excluding hydrogens is 280 g/mol. The molecule has 2 unspecified atom stereocenters. The van der Waals surface area contributed by atoms with Crippen LogP contribution in [0.3, 0.4) is 0 Å². The van der Waals surface area contributed by atoms with Crippen molar-refractivity contribution in [2.24, 2.45) is 0 Å². The van der Waals surface area contributed by atoms with Gasteiger partial charge in [0.15, 0.2) is 5.13 Å².